The number of methoxy groups -OCH3 is 3. The number of halogens is 2. The van der Waals surface area contributed by atoms with Crippen molar-refractivity contribution in [1.82, 2.24) is 30.1 Å². The summed E-state index contributed by atoms with van der Waals surface area (Å²) in [6.45, 7) is 3.08. The number of anilines is 2. The molecule has 4 N–H and O–H groups in total. The average molecular weight is 1400 g/mol. The van der Waals surface area contributed by atoms with Crippen molar-refractivity contribution < 1.29 is 71.0 Å². The maximum atomic E-state index is 14.5. The maximum Gasteiger partial charge on any atom is 0.323 e. The van der Waals surface area contributed by atoms with E-state index in [4.69, 9.17) is 23.3 Å². The van der Waals surface area contributed by atoms with Gasteiger partial charge in [0.1, 0.15) is 30.4 Å². The summed E-state index contributed by atoms with van der Waals surface area (Å²) in [7, 11) is 4.28. The third kappa shape index (κ3) is 18.1. The van der Waals surface area contributed by atoms with Crippen molar-refractivity contribution in [3.05, 3.63) is 281 Å². The molecular formula is C81H68F2N8O13. The highest BCUT2D eigenvalue weighted by Crippen LogP contribution is 2.32. The fourth-order valence-electron chi connectivity index (χ4n) is 11.2. The van der Waals surface area contributed by atoms with Crippen molar-refractivity contribution in [1.29, 1.82) is 0 Å². The number of rotatable bonds is 25. The molecule has 21 nitrogen and oxygen atoms in total. The summed E-state index contributed by atoms with van der Waals surface area (Å²) < 4.78 is 55.3. The molecule has 0 bridgehead atoms. The maximum absolute atomic E-state index is 14.5. The van der Waals surface area contributed by atoms with Gasteiger partial charge in [0.15, 0.2) is 11.6 Å². The minimum absolute atomic E-state index is 0.00755. The molecule has 2 heterocycles. The van der Waals surface area contributed by atoms with Gasteiger partial charge in [-0.1, -0.05) is 149 Å². The lowest BCUT2D eigenvalue weighted by molar-refractivity contribution is -0.138. The summed E-state index contributed by atoms with van der Waals surface area (Å²) >= 11 is 0. The molecule has 0 spiro atoms. The lowest BCUT2D eigenvalue weighted by atomic mass is 10.0. The van der Waals surface area contributed by atoms with E-state index >= 15 is 0 Å². The van der Waals surface area contributed by atoms with Gasteiger partial charge in [0, 0.05) is 69.0 Å². The third-order valence-electron chi connectivity index (χ3n) is 16.7. The Morgan fingerprint density at radius 1 is 0.413 bits per heavy atom. The number of nitrogens with one attached hydrogen (secondary N) is 2. The minimum atomic E-state index is -1.20. The molecule has 524 valence electrons. The number of carboxylic acid groups (broad SMARTS) is 2. The Bertz CT molecular complexity index is 5010. The van der Waals surface area contributed by atoms with Crippen LogP contribution in [0, 0.1) is 25.5 Å². The first-order valence-corrected chi connectivity index (χ1v) is 32.5. The number of nitrogens with zero attached hydrogens (tertiary/aromatic N) is 6. The van der Waals surface area contributed by atoms with Gasteiger partial charge in [-0.2, -0.15) is 9.97 Å². The predicted octanol–water partition coefficient (Wildman–Crippen LogP) is 14.9. The Labute approximate surface area is 595 Å². The van der Waals surface area contributed by atoms with E-state index in [-0.39, 0.29) is 48.0 Å². The smallest absolute Gasteiger partial charge is 0.323 e. The molecule has 2 aromatic heterocycles. The van der Waals surface area contributed by atoms with Gasteiger partial charge < -0.3 is 53.9 Å². The van der Waals surface area contributed by atoms with Crippen LogP contribution in [0.3, 0.4) is 0 Å². The summed E-state index contributed by atoms with van der Waals surface area (Å²) in [5.74, 6) is -3.83. The zero-order valence-electron chi connectivity index (χ0n) is 56.9. The monoisotopic (exact) mass is 1400 g/mol. The van der Waals surface area contributed by atoms with Crippen LogP contribution < -0.4 is 24.8 Å². The first-order valence-electron chi connectivity index (χ1n) is 32.5. The lowest BCUT2D eigenvalue weighted by Crippen LogP contribution is -2.35. The van der Waals surface area contributed by atoms with E-state index in [1.54, 1.807) is 91.0 Å². The molecular weight excluding hydrogens is 1330 g/mol. The molecule has 0 fully saturated rings. The molecule has 10 aromatic carbocycles. The highest BCUT2D eigenvalue weighted by atomic mass is 19.1. The van der Waals surface area contributed by atoms with Crippen LogP contribution in [0.1, 0.15) is 54.1 Å². The van der Waals surface area contributed by atoms with Gasteiger partial charge in [0.2, 0.25) is 23.5 Å². The number of carbonyl (C=O) groups is 6. The SMILES string of the molecule is COc1ccc(F)c(CC(=O)Nc2ccc(C(=O)N(CC(=O)O)Cc3ccc(-c4noc(-c5ccc(-c6ccc(C)cc6)cc5)n4)cc3)cc2)c1F.COc1cccc(OC)c1CC(=O)Nc1ccc(C(=O)N(CC(=O)O)Cc2ccc(-c3noc(-c4ccc(-c5ccc(C)cc5)cc4)n3)cc2)cc1. The number of hydrogen-bond acceptors (Lipinski definition) is 15. The second-order valence-corrected chi connectivity index (χ2v) is 24.0. The molecule has 104 heavy (non-hydrogen) atoms. The largest absolute Gasteiger partial charge is 0.496 e. The Balaban J connectivity index is 0.000000208. The van der Waals surface area contributed by atoms with E-state index in [9.17, 15) is 47.8 Å². The normalized spacial score (nSPS) is 10.8. The second-order valence-electron chi connectivity index (χ2n) is 24.0. The lowest BCUT2D eigenvalue weighted by Gasteiger charge is -2.21. The number of carboxylic acids is 2. The predicted molar refractivity (Wildman–Crippen MR) is 385 cm³/mol. The van der Waals surface area contributed by atoms with E-state index in [2.05, 4.69) is 86.4 Å². The number of hydrogen-bond donors (Lipinski definition) is 4. The Kier molecular flexibility index (Phi) is 22.9. The minimum Gasteiger partial charge on any atom is -0.496 e. The first-order chi connectivity index (χ1) is 50.3. The summed E-state index contributed by atoms with van der Waals surface area (Å²) in [5.41, 5.74) is 12.4. The first kappa shape index (κ1) is 71.8. The molecule has 0 unspecified atom stereocenters. The standard InChI is InChI=1S/C41H36N4O7.C40H32F2N4O6/c1-26-7-11-28(12-8-26)29-15-17-31(18-16-29)40-43-39(44-52-40)30-13-9-27(10-14-30)24-45(25-38(47)48)41(49)32-19-21-33(22-20-32)42-37(46)23-34-35(50-2)5-4-6-36(34)51-3;1-24-3-7-26(8-4-24)27-11-13-29(14-12-27)39-44-38(45-52-39)28-9-5-25(6-10-28)22-46(23-36(48)49)40(50)30-15-17-31(18-16-30)43-35(47)21-32-33(41)19-20-34(51-2)37(32)42/h4-22H,23-25H2,1-3H3,(H,42,46)(H,47,48);3-20H,21-23H2,1-2H3,(H,43,47)(H,48,49). The van der Waals surface area contributed by atoms with E-state index in [1.165, 1.54) is 66.5 Å². The molecule has 0 aliphatic heterocycles. The number of ether oxygens (including phenoxy) is 3. The van der Waals surface area contributed by atoms with Crippen LogP contribution >= 0.6 is 0 Å². The van der Waals surface area contributed by atoms with Crippen LogP contribution in [0.15, 0.2) is 234 Å². The van der Waals surface area contributed by atoms with Gasteiger partial charge in [0.05, 0.1) is 34.2 Å². The van der Waals surface area contributed by atoms with E-state index < -0.39 is 66.4 Å². The van der Waals surface area contributed by atoms with Crippen LogP contribution in [0.2, 0.25) is 0 Å². The van der Waals surface area contributed by atoms with Crippen LogP contribution in [0.5, 0.6) is 17.2 Å². The third-order valence-corrected chi connectivity index (χ3v) is 16.7. The van der Waals surface area contributed by atoms with Crippen LogP contribution in [-0.2, 0) is 45.1 Å². The molecule has 0 aliphatic rings. The van der Waals surface area contributed by atoms with Crippen molar-refractivity contribution in [3.8, 4) is 85.2 Å². The van der Waals surface area contributed by atoms with E-state index in [1.807, 2.05) is 55.5 Å². The summed E-state index contributed by atoms with van der Waals surface area (Å²) in [6, 6.07) is 65.9. The molecule has 4 amide bonds. The fourth-order valence-corrected chi connectivity index (χ4v) is 11.2. The van der Waals surface area contributed by atoms with Crippen LogP contribution in [0.4, 0.5) is 20.2 Å². The topological polar surface area (TPSA) is 279 Å². The quantitative estimate of drug-likeness (QED) is 0.0414. The highest BCUT2D eigenvalue weighted by molar-refractivity contribution is 5.99. The number of carbonyl (C=O) groups excluding carboxylic acids is 4. The van der Waals surface area contributed by atoms with Gasteiger partial charge in [-0.25, -0.2) is 8.78 Å². The fraction of sp³-hybridized carbons (Fsp3) is 0.136. The number of amides is 4. The molecule has 0 saturated carbocycles. The van der Waals surface area contributed by atoms with Crippen LogP contribution in [-0.4, -0.2) is 110 Å². The van der Waals surface area contributed by atoms with Gasteiger partial charge in [0.25, 0.3) is 23.6 Å². The molecule has 0 radical (unpaired) electrons. The highest BCUT2D eigenvalue weighted by Gasteiger charge is 2.24. The van der Waals surface area contributed by atoms with Crippen molar-refractivity contribution >= 4 is 46.9 Å². The number of benzene rings is 10. The zero-order chi connectivity index (χ0) is 73.4. The summed E-state index contributed by atoms with van der Waals surface area (Å²) in [6.07, 6.45) is -0.576. The second kappa shape index (κ2) is 33.2. The van der Waals surface area contributed by atoms with Crippen molar-refractivity contribution in [2.45, 2.75) is 39.8 Å². The molecule has 23 heteroatoms. The Morgan fingerprint density at radius 2 is 0.760 bits per heavy atom. The number of aliphatic carboxylic acids is 2. The van der Waals surface area contributed by atoms with Gasteiger partial charge in [-0.05, 0) is 144 Å². The van der Waals surface area contributed by atoms with Crippen LogP contribution in [0.25, 0.3) is 67.9 Å². The molecule has 0 atom stereocenters. The van der Waals surface area contributed by atoms with Crippen molar-refractivity contribution in [2.75, 3.05) is 45.1 Å². The average Bonchev–Trinajstić information content (AvgIpc) is 1.47. The Morgan fingerprint density at radius 3 is 1.12 bits per heavy atom. The summed E-state index contributed by atoms with van der Waals surface area (Å²) in [5, 5.41) is 32.7. The van der Waals surface area contributed by atoms with Gasteiger partial charge in [-0.15, -0.1) is 0 Å². The van der Waals surface area contributed by atoms with Crippen molar-refractivity contribution in [3.63, 3.8) is 0 Å². The molecule has 0 aliphatic carbocycles. The van der Waals surface area contributed by atoms with Crippen molar-refractivity contribution in [2.24, 2.45) is 0 Å². The molecule has 0 saturated heterocycles. The van der Waals surface area contributed by atoms with E-state index in [0.29, 0.717) is 68.4 Å². The number of aromatic nitrogens is 4. The number of aryl methyl sites for hydroxylation is 2. The Hall–Kier alpha value is -13.4. The molecule has 12 rings (SSSR count). The summed E-state index contributed by atoms with van der Waals surface area (Å²) in [4.78, 5) is 87.2. The van der Waals surface area contributed by atoms with E-state index in [0.717, 1.165) is 45.5 Å². The van der Waals surface area contributed by atoms with Gasteiger partial charge in [-0.3, -0.25) is 28.8 Å². The molecule has 12 aromatic rings. The van der Waals surface area contributed by atoms with Gasteiger partial charge >= 0.3 is 11.9 Å². The zero-order valence-corrected chi connectivity index (χ0v) is 56.9.